The molecule has 0 spiro atoms. The van der Waals surface area contributed by atoms with Crippen molar-refractivity contribution >= 4 is 5.97 Å². The van der Waals surface area contributed by atoms with Crippen molar-refractivity contribution in [3.8, 4) is 17.0 Å². The van der Waals surface area contributed by atoms with Gasteiger partial charge in [-0.15, -0.1) is 0 Å². The van der Waals surface area contributed by atoms with Crippen LogP contribution in [0.2, 0.25) is 0 Å². The van der Waals surface area contributed by atoms with Crippen LogP contribution in [0.1, 0.15) is 83.6 Å². The lowest BCUT2D eigenvalue weighted by molar-refractivity contribution is -0.140. The van der Waals surface area contributed by atoms with Gasteiger partial charge in [-0.25, -0.2) is 0 Å². The standard InChI is InChI=1S/C27H37NO2/c1-3-5-6-7-8-9-22-10-13-24(14-11-22)27(29)30-25-17-15-23(16-18-25)26-19-12-21(4-2)20-28-26/h12,15-20,22,24H,3-11,13-14H2,1-2H3. The van der Waals surface area contributed by atoms with Crippen molar-refractivity contribution < 1.29 is 9.53 Å². The van der Waals surface area contributed by atoms with Gasteiger partial charge in [0, 0.05) is 11.8 Å². The molecule has 1 aliphatic carbocycles. The van der Waals surface area contributed by atoms with Crippen LogP contribution in [0.4, 0.5) is 0 Å². The second-order valence-electron chi connectivity index (χ2n) is 8.77. The predicted molar refractivity (Wildman–Crippen MR) is 124 cm³/mol. The van der Waals surface area contributed by atoms with Crippen LogP contribution in [0.15, 0.2) is 42.6 Å². The molecule has 1 fully saturated rings. The number of carbonyl (C=O) groups is 1. The van der Waals surface area contributed by atoms with Crippen molar-refractivity contribution in [3.63, 3.8) is 0 Å². The second-order valence-corrected chi connectivity index (χ2v) is 8.77. The van der Waals surface area contributed by atoms with Crippen molar-refractivity contribution in [3.05, 3.63) is 48.2 Å². The van der Waals surface area contributed by atoms with Gasteiger partial charge in [0.05, 0.1) is 11.6 Å². The molecule has 3 nitrogen and oxygen atoms in total. The number of unbranched alkanes of at least 4 members (excludes halogenated alkanes) is 4. The Hall–Kier alpha value is -2.16. The molecule has 1 saturated carbocycles. The Labute approximate surface area is 182 Å². The number of hydrogen-bond donors (Lipinski definition) is 0. The summed E-state index contributed by atoms with van der Waals surface area (Å²) in [5.41, 5.74) is 3.21. The third kappa shape index (κ3) is 6.68. The lowest BCUT2D eigenvalue weighted by Gasteiger charge is -2.27. The molecule has 3 rings (SSSR count). The highest BCUT2D eigenvalue weighted by Gasteiger charge is 2.27. The molecule has 0 saturated heterocycles. The van der Waals surface area contributed by atoms with Gasteiger partial charge in [0.25, 0.3) is 0 Å². The van der Waals surface area contributed by atoms with Crippen LogP contribution in [-0.2, 0) is 11.2 Å². The first-order chi connectivity index (χ1) is 14.7. The molecule has 0 atom stereocenters. The van der Waals surface area contributed by atoms with Crippen LogP contribution in [0, 0.1) is 11.8 Å². The molecule has 1 aromatic carbocycles. The van der Waals surface area contributed by atoms with Crippen LogP contribution in [0.3, 0.4) is 0 Å². The number of nitrogens with zero attached hydrogens (tertiary/aromatic N) is 1. The van der Waals surface area contributed by atoms with Gasteiger partial charge in [-0.2, -0.15) is 0 Å². The number of pyridine rings is 1. The van der Waals surface area contributed by atoms with E-state index in [9.17, 15) is 4.79 Å². The normalized spacial score (nSPS) is 18.9. The predicted octanol–water partition coefficient (Wildman–Crippen LogP) is 7.38. The van der Waals surface area contributed by atoms with Gasteiger partial charge in [0.15, 0.2) is 0 Å². The van der Waals surface area contributed by atoms with Crippen molar-refractivity contribution in [2.45, 2.75) is 84.5 Å². The maximum atomic E-state index is 12.6. The molecule has 0 radical (unpaired) electrons. The van der Waals surface area contributed by atoms with E-state index in [1.165, 1.54) is 56.9 Å². The van der Waals surface area contributed by atoms with Crippen LogP contribution in [0.25, 0.3) is 11.3 Å². The Morgan fingerprint density at radius 1 is 0.933 bits per heavy atom. The number of ether oxygens (including phenoxy) is 1. The molecular weight excluding hydrogens is 370 g/mol. The maximum absolute atomic E-state index is 12.6. The number of benzene rings is 1. The Bertz CT molecular complexity index is 758. The molecule has 1 aromatic heterocycles. The van der Waals surface area contributed by atoms with Crippen molar-refractivity contribution in [2.24, 2.45) is 11.8 Å². The maximum Gasteiger partial charge on any atom is 0.314 e. The Kier molecular flexibility index (Phi) is 8.92. The van der Waals surface area contributed by atoms with E-state index >= 15 is 0 Å². The van der Waals surface area contributed by atoms with Gasteiger partial charge < -0.3 is 4.74 Å². The van der Waals surface area contributed by atoms with E-state index in [1.807, 2.05) is 36.5 Å². The van der Waals surface area contributed by atoms with Gasteiger partial charge in [0.1, 0.15) is 5.75 Å². The molecule has 0 amide bonds. The molecule has 2 aromatic rings. The third-order valence-corrected chi connectivity index (χ3v) is 6.50. The summed E-state index contributed by atoms with van der Waals surface area (Å²) < 4.78 is 5.68. The molecule has 0 N–H and O–H groups in total. The van der Waals surface area contributed by atoms with E-state index in [1.54, 1.807) is 0 Å². The molecular formula is C27H37NO2. The lowest BCUT2D eigenvalue weighted by atomic mass is 9.80. The third-order valence-electron chi connectivity index (χ3n) is 6.50. The average molecular weight is 408 g/mol. The molecule has 1 heterocycles. The minimum atomic E-state index is -0.0606. The molecule has 3 heteroatoms. The number of aromatic nitrogens is 1. The van der Waals surface area contributed by atoms with Gasteiger partial charge in [-0.1, -0.05) is 58.4 Å². The first-order valence-corrected chi connectivity index (χ1v) is 12.0. The lowest BCUT2D eigenvalue weighted by Crippen LogP contribution is -2.25. The monoisotopic (exact) mass is 407 g/mol. The highest BCUT2D eigenvalue weighted by atomic mass is 16.5. The van der Waals surface area contributed by atoms with E-state index < -0.39 is 0 Å². The first kappa shape index (κ1) is 22.5. The zero-order chi connectivity index (χ0) is 21.2. The minimum absolute atomic E-state index is 0.0595. The Morgan fingerprint density at radius 2 is 1.67 bits per heavy atom. The number of esters is 1. The van der Waals surface area contributed by atoms with E-state index in [-0.39, 0.29) is 11.9 Å². The fourth-order valence-corrected chi connectivity index (χ4v) is 4.42. The van der Waals surface area contributed by atoms with Gasteiger partial charge in [0.2, 0.25) is 0 Å². The van der Waals surface area contributed by atoms with Gasteiger partial charge in [-0.3, -0.25) is 9.78 Å². The minimum Gasteiger partial charge on any atom is -0.426 e. The van der Waals surface area contributed by atoms with E-state index in [4.69, 9.17) is 4.74 Å². The van der Waals surface area contributed by atoms with E-state index in [2.05, 4.69) is 24.9 Å². The summed E-state index contributed by atoms with van der Waals surface area (Å²) in [5.74, 6) is 1.44. The van der Waals surface area contributed by atoms with Crippen molar-refractivity contribution in [1.82, 2.24) is 4.98 Å². The summed E-state index contributed by atoms with van der Waals surface area (Å²) in [7, 11) is 0. The van der Waals surface area contributed by atoms with Crippen LogP contribution < -0.4 is 4.74 Å². The SMILES string of the molecule is CCCCCCCC1CCC(C(=O)Oc2ccc(-c3ccc(CC)cn3)cc2)CC1. The molecule has 0 bridgehead atoms. The fraction of sp³-hybridized carbons (Fsp3) is 0.556. The summed E-state index contributed by atoms with van der Waals surface area (Å²) in [5, 5.41) is 0. The van der Waals surface area contributed by atoms with Crippen LogP contribution in [0.5, 0.6) is 5.75 Å². The topological polar surface area (TPSA) is 39.2 Å². The van der Waals surface area contributed by atoms with E-state index in [0.29, 0.717) is 5.75 Å². The molecule has 0 unspecified atom stereocenters. The highest BCUT2D eigenvalue weighted by molar-refractivity contribution is 5.75. The quantitative estimate of drug-likeness (QED) is 0.234. The van der Waals surface area contributed by atoms with Crippen molar-refractivity contribution in [1.29, 1.82) is 0 Å². The zero-order valence-corrected chi connectivity index (χ0v) is 18.7. The van der Waals surface area contributed by atoms with Crippen LogP contribution >= 0.6 is 0 Å². The fourth-order valence-electron chi connectivity index (χ4n) is 4.42. The summed E-state index contributed by atoms with van der Waals surface area (Å²) in [4.78, 5) is 17.1. The second kappa shape index (κ2) is 11.9. The number of aryl methyl sites for hydroxylation is 1. The molecule has 30 heavy (non-hydrogen) atoms. The average Bonchev–Trinajstić information content (AvgIpc) is 2.80. The first-order valence-electron chi connectivity index (χ1n) is 12.0. The van der Waals surface area contributed by atoms with Crippen LogP contribution in [-0.4, -0.2) is 11.0 Å². The Morgan fingerprint density at radius 3 is 2.30 bits per heavy atom. The van der Waals surface area contributed by atoms with Gasteiger partial charge >= 0.3 is 5.97 Å². The smallest absolute Gasteiger partial charge is 0.314 e. The van der Waals surface area contributed by atoms with E-state index in [0.717, 1.165) is 36.4 Å². The van der Waals surface area contributed by atoms with Crippen molar-refractivity contribution in [2.75, 3.05) is 0 Å². The number of hydrogen-bond acceptors (Lipinski definition) is 3. The largest absolute Gasteiger partial charge is 0.426 e. The summed E-state index contributed by atoms with van der Waals surface area (Å²) in [6, 6.07) is 11.9. The number of rotatable bonds is 10. The van der Waals surface area contributed by atoms with Gasteiger partial charge in [-0.05, 0) is 73.9 Å². The summed E-state index contributed by atoms with van der Waals surface area (Å²) >= 11 is 0. The molecule has 162 valence electrons. The Balaban J connectivity index is 1.42. The summed E-state index contributed by atoms with van der Waals surface area (Å²) in [6.45, 7) is 4.39. The number of carbonyl (C=O) groups excluding carboxylic acids is 1. The summed E-state index contributed by atoms with van der Waals surface area (Å²) in [6.07, 6.45) is 15.3. The zero-order valence-electron chi connectivity index (χ0n) is 18.7. The highest BCUT2D eigenvalue weighted by Crippen LogP contribution is 2.33. The molecule has 1 aliphatic rings. The molecule has 0 aliphatic heterocycles.